The molecular weight excluding hydrogens is 258 g/mol. The van der Waals surface area contributed by atoms with Crippen LogP contribution in [0.25, 0.3) is 0 Å². The highest BCUT2D eigenvalue weighted by Crippen LogP contribution is 2.36. The van der Waals surface area contributed by atoms with E-state index in [1.54, 1.807) is 0 Å². The number of hydrogen-bond donors (Lipinski definition) is 1. The Kier molecular flexibility index (Phi) is 5.45. The van der Waals surface area contributed by atoms with Crippen LogP contribution in [-0.2, 0) is 0 Å². The van der Waals surface area contributed by atoms with Crippen molar-refractivity contribution >= 4 is 0 Å². The average molecular weight is 289 g/mol. The van der Waals surface area contributed by atoms with Gasteiger partial charge in [-0.25, -0.2) is 0 Å². The zero-order chi connectivity index (χ0) is 15.5. The average Bonchev–Trinajstić information content (AvgIpc) is 2.47. The van der Waals surface area contributed by atoms with Gasteiger partial charge in [-0.2, -0.15) is 0 Å². The molecular formula is C19H31NO. The first kappa shape index (κ1) is 16.5. The van der Waals surface area contributed by atoms with E-state index < -0.39 is 6.10 Å². The molecule has 1 aliphatic rings. The lowest BCUT2D eigenvalue weighted by Gasteiger charge is -2.40. The molecule has 0 amide bonds. The fraction of sp³-hybridized carbons (Fsp3) is 0.684. The molecule has 0 spiro atoms. The predicted octanol–water partition coefficient (Wildman–Crippen LogP) is 4.26. The van der Waals surface area contributed by atoms with Crippen molar-refractivity contribution in [1.82, 2.24) is 4.90 Å². The second kappa shape index (κ2) is 6.93. The molecule has 1 aliphatic carbocycles. The van der Waals surface area contributed by atoms with Gasteiger partial charge in [0.05, 0.1) is 6.10 Å². The molecule has 1 aromatic carbocycles. The third-order valence-electron chi connectivity index (χ3n) is 5.04. The van der Waals surface area contributed by atoms with Gasteiger partial charge in [-0.05, 0) is 31.4 Å². The van der Waals surface area contributed by atoms with Crippen molar-refractivity contribution in [3.63, 3.8) is 0 Å². The summed E-state index contributed by atoms with van der Waals surface area (Å²) in [6.45, 7) is 7.64. The van der Waals surface area contributed by atoms with Gasteiger partial charge in [0.2, 0.25) is 0 Å². The maximum atomic E-state index is 10.7. The van der Waals surface area contributed by atoms with E-state index in [2.05, 4.69) is 32.7 Å². The SMILES string of the molecule is CC1CCCC(N(C)CC(C)(C)C(O)c2ccccc2)C1. The topological polar surface area (TPSA) is 23.5 Å². The molecule has 2 nitrogen and oxygen atoms in total. The summed E-state index contributed by atoms with van der Waals surface area (Å²) in [5, 5.41) is 10.7. The molecule has 1 fully saturated rings. The summed E-state index contributed by atoms with van der Waals surface area (Å²) in [7, 11) is 2.22. The maximum absolute atomic E-state index is 10.7. The highest BCUT2D eigenvalue weighted by atomic mass is 16.3. The summed E-state index contributed by atoms with van der Waals surface area (Å²) < 4.78 is 0. The van der Waals surface area contributed by atoms with Crippen LogP contribution >= 0.6 is 0 Å². The van der Waals surface area contributed by atoms with Crippen molar-refractivity contribution in [3.8, 4) is 0 Å². The molecule has 3 unspecified atom stereocenters. The number of aliphatic hydroxyl groups is 1. The molecule has 0 heterocycles. The third kappa shape index (κ3) is 4.31. The van der Waals surface area contributed by atoms with Crippen molar-refractivity contribution < 1.29 is 5.11 Å². The van der Waals surface area contributed by atoms with Crippen molar-refractivity contribution in [1.29, 1.82) is 0 Å². The Morgan fingerprint density at radius 3 is 2.52 bits per heavy atom. The quantitative estimate of drug-likeness (QED) is 0.875. The fourth-order valence-corrected chi connectivity index (χ4v) is 3.75. The van der Waals surface area contributed by atoms with Crippen LogP contribution in [0.2, 0.25) is 0 Å². The van der Waals surface area contributed by atoms with Gasteiger partial charge in [0.1, 0.15) is 0 Å². The van der Waals surface area contributed by atoms with Crippen molar-refractivity contribution in [2.45, 2.75) is 58.6 Å². The van der Waals surface area contributed by atoms with Crippen LogP contribution in [0.15, 0.2) is 30.3 Å². The van der Waals surface area contributed by atoms with Gasteiger partial charge in [0.25, 0.3) is 0 Å². The van der Waals surface area contributed by atoms with Gasteiger partial charge in [-0.3, -0.25) is 0 Å². The van der Waals surface area contributed by atoms with Crippen molar-refractivity contribution in [2.75, 3.05) is 13.6 Å². The van der Waals surface area contributed by atoms with E-state index in [0.717, 1.165) is 18.0 Å². The summed E-state index contributed by atoms with van der Waals surface area (Å²) in [6, 6.07) is 10.7. The first-order valence-electron chi connectivity index (χ1n) is 8.33. The minimum absolute atomic E-state index is 0.142. The fourth-order valence-electron chi connectivity index (χ4n) is 3.75. The summed E-state index contributed by atoms with van der Waals surface area (Å²) in [6.07, 6.45) is 4.91. The zero-order valence-corrected chi connectivity index (χ0v) is 14.0. The Bertz CT molecular complexity index is 428. The molecule has 1 N–H and O–H groups in total. The molecule has 0 saturated heterocycles. The largest absolute Gasteiger partial charge is 0.388 e. The van der Waals surface area contributed by atoms with E-state index in [0.29, 0.717) is 6.04 Å². The van der Waals surface area contributed by atoms with Gasteiger partial charge in [0, 0.05) is 18.0 Å². The van der Waals surface area contributed by atoms with E-state index in [-0.39, 0.29) is 5.41 Å². The maximum Gasteiger partial charge on any atom is 0.0853 e. The number of hydrogen-bond acceptors (Lipinski definition) is 2. The van der Waals surface area contributed by atoms with Gasteiger partial charge < -0.3 is 10.0 Å². The number of nitrogens with zero attached hydrogens (tertiary/aromatic N) is 1. The van der Waals surface area contributed by atoms with Crippen LogP contribution in [0, 0.1) is 11.3 Å². The first-order chi connectivity index (χ1) is 9.90. The molecule has 118 valence electrons. The van der Waals surface area contributed by atoms with Crippen LogP contribution < -0.4 is 0 Å². The molecule has 3 atom stereocenters. The second-order valence-corrected chi connectivity index (χ2v) is 7.64. The molecule has 0 bridgehead atoms. The molecule has 0 aliphatic heterocycles. The predicted molar refractivity (Wildman–Crippen MR) is 89.2 cm³/mol. The van der Waals surface area contributed by atoms with Crippen molar-refractivity contribution in [3.05, 3.63) is 35.9 Å². The van der Waals surface area contributed by atoms with Crippen LogP contribution in [0.1, 0.15) is 58.1 Å². The van der Waals surface area contributed by atoms with Crippen molar-refractivity contribution in [2.24, 2.45) is 11.3 Å². The smallest absolute Gasteiger partial charge is 0.0853 e. The standard InChI is InChI=1S/C19H31NO/c1-15-9-8-12-17(13-15)20(4)14-19(2,3)18(21)16-10-6-5-7-11-16/h5-7,10-11,15,17-18,21H,8-9,12-14H2,1-4H3. The van der Waals surface area contributed by atoms with Crippen LogP contribution in [0.4, 0.5) is 0 Å². The first-order valence-corrected chi connectivity index (χ1v) is 8.33. The third-order valence-corrected chi connectivity index (χ3v) is 5.04. The second-order valence-electron chi connectivity index (χ2n) is 7.64. The number of rotatable bonds is 5. The molecule has 2 heteroatoms. The summed E-state index contributed by atoms with van der Waals surface area (Å²) in [4.78, 5) is 2.47. The molecule has 2 rings (SSSR count). The van der Waals surface area contributed by atoms with Gasteiger partial charge in [-0.15, -0.1) is 0 Å². The van der Waals surface area contributed by atoms with Crippen LogP contribution in [0.5, 0.6) is 0 Å². The minimum atomic E-state index is -0.415. The molecule has 0 radical (unpaired) electrons. The number of aliphatic hydroxyl groups excluding tert-OH is 1. The minimum Gasteiger partial charge on any atom is -0.388 e. The summed E-state index contributed by atoms with van der Waals surface area (Å²) in [5.41, 5.74) is 0.879. The highest BCUT2D eigenvalue weighted by molar-refractivity contribution is 5.19. The van der Waals surface area contributed by atoms with E-state index in [1.807, 2.05) is 30.3 Å². The Hall–Kier alpha value is -0.860. The van der Waals surface area contributed by atoms with Crippen LogP contribution in [0.3, 0.4) is 0 Å². The van der Waals surface area contributed by atoms with E-state index in [4.69, 9.17) is 0 Å². The Labute approximate surface area is 130 Å². The molecule has 1 aromatic rings. The highest BCUT2D eigenvalue weighted by Gasteiger charge is 2.33. The number of benzene rings is 1. The lowest BCUT2D eigenvalue weighted by atomic mass is 9.80. The van der Waals surface area contributed by atoms with E-state index >= 15 is 0 Å². The molecule has 21 heavy (non-hydrogen) atoms. The Morgan fingerprint density at radius 1 is 1.24 bits per heavy atom. The van der Waals surface area contributed by atoms with E-state index in [1.165, 1.54) is 25.7 Å². The summed E-state index contributed by atoms with van der Waals surface area (Å²) in [5.74, 6) is 0.841. The molecule has 0 aromatic heterocycles. The van der Waals surface area contributed by atoms with Gasteiger partial charge >= 0.3 is 0 Å². The Balaban J connectivity index is 1.99. The summed E-state index contributed by atoms with van der Waals surface area (Å²) >= 11 is 0. The van der Waals surface area contributed by atoms with Gasteiger partial charge in [-0.1, -0.05) is 63.9 Å². The normalized spacial score (nSPS) is 25.0. The van der Waals surface area contributed by atoms with Gasteiger partial charge in [0.15, 0.2) is 0 Å². The zero-order valence-electron chi connectivity index (χ0n) is 14.0. The lowest BCUT2D eigenvalue weighted by molar-refractivity contribution is 0.0100. The van der Waals surface area contributed by atoms with Crippen LogP contribution in [-0.4, -0.2) is 29.6 Å². The van der Waals surface area contributed by atoms with E-state index in [9.17, 15) is 5.11 Å². The monoisotopic (exact) mass is 289 g/mol. The lowest BCUT2D eigenvalue weighted by Crippen LogP contribution is -2.43. The Morgan fingerprint density at radius 2 is 1.90 bits per heavy atom. The molecule has 1 saturated carbocycles.